The van der Waals surface area contributed by atoms with Crippen LogP contribution < -0.4 is 10.2 Å². The molecule has 1 fully saturated rings. The molecule has 0 atom stereocenters. The van der Waals surface area contributed by atoms with Crippen LogP contribution in [0, 0.1) is 11.6 Å². The van der Waals surface area contributed by atoms with Gasteiger partial charge in [-0.2, -0.15) is 0 Å². The SMILES string of the molecule is CCN1CCN(c2cc(Nc3c(F)cccc3F)ncn2)CC1. The molecule has 0 radical (unpaired) electrons. The van der Waals surface area contributed by atoms with Crippen LogP contribution >= 0.6 is 0 Å². The molecule has 2 heterocycles. The van der Waals surface area contributed by atoms with E-state index in [1.165, 1.54) is 24.5 Å². The second-order valence-corrected chi connectivity index (χ2v) is 5.40. The van der Waals surface area contributed by atoms with Gasteiger partial charge in [-0.05, 0) is 18.7 Å². The van der Waals surface area contributed by atoms with E-state index in [4.69, 9.17) is 0 Å². The fraction of sp³-hybridized carbons (Fsp3) is 0.375. The van der Waals surface area contributed by atoms with E-state index in [2.05, 4.69) is 32.0 Å². The van der Waals surface area contributed by atoms with Crippen LogP contribution in [0.25, 0.3) is 0 Å². The van der Waals surface area contributed by atoms with Crippen molar-refractivity contribution in [1.29, 1.82) is 0 Å². The molecule has 0 saturated carbocycles. The predicted molar refractivity (Wildman–Crippen MR) is 86.0 cm³/mol. The van der Waals surface area contributed by atoms with E-state index in [0.717, 1.165) is 38.5 Å². The lowest BCUT2D eigenvalue weighted by molar-refractivity contribution is 0.270. The van der Waals surface area contributed by atoms with Gasteiger partial charge in [-0.15, -0.1) is 0 Å². The monoisotopic (exact) mass is 319 g/mol. The third kappa shape index (κ3) is 3.56. The number of hydrogen-bond acceptors (Lipinski definition) is 5. The van der Waals surface area contributed by atoms with Crippen molar-refractivity contribution in [2.24, 2.45) is 0 Å². The van der Waals surface area contributed by atoms with Gasteiger partial charge in [-0.25, -0.2) is 18.7 Å². The van der Waals surface area contributed by atoms with Crippen molar-refractivity contribution < 1.29 is 8.78 Å². The molecule has 122 valence electrons. The zero-order valence-corrected chi connectivity index (χ0v) is 13.0. The van der Waals surface area contributed by atoms with Gasteiger partial charge >= 0.3 is 0 Å². The van der Waals surface area contributed by atoms with Crippen molar-refractivity contribution in [3.8, 4) is 0 Å². The van der Waals surface area contributed by atoms with Gasteiger partial charge in [0.15, 0.2) is 0 Å². The van der Waals surface area contributed by atoms with Crippen LogP contribution in [-0.4, -0.2) is 47.6 Å². The van der Waals surface area contributed by atoms with Crippen molar-refractivity contribution in [3.05, 3.63) is 42.2 Å². The Kier molecular flexibility index (Phi) is 4.66. The Morgan fingerprint density at radius 3 is 2.43 bits per heavy atom. The van der Waals surface area contributed by atoms with Crippen molar-refractivity contribution in [3.63, 3.8) is 0 Å². The maximum atomic E-state index is 13.7. The van der Waals surface area contributed by atoms with Crippen LogP contribution in [0.2, 0.25) is 0 Å². The molecule has 3 rings (SSSR count). The van der Waals surface area contributed by atoms with Gasteiger partial charge in [-0.3, -0.25) is 0 Å². The number of nitrogens with one attached hydrogen (secondary N) is 1. The highest BCUT2D eigenvalue weighted by Crippen LogP contribution is 2.24. The standard InChI is InChI=1S/C16H19F2N5/c1-2-22-6-8-23(9-7-22)15-10-14(19-11-20-15)21-16-12(17)4-3-5-13(16)18/h3-5,10-11H,2,6-9H2,1H3,(H,19,20,21). The number of hydrogen-bond donors (Lipinski definition) is 1. The highest BCUT2D eigenvalue weighted by atomic mass is 19.1. The quantitative estimate of drug-likeness (QED) is 0.938. The van der Waals surface area contributed by atoms with Crippen LogP contribution in [0.4, 0.5) is 26.1 Å². The second-order valence-electron chi connectivity index (χ2n) is 5.40. The first-order chi connectivity index (χ1) is 11.2. The Labute approximate surface area is 134 Å². The smallest absolute Gasteiger partial charge is 0.149 e. The molecule has 0 aliphatic carbocycles. The fourth-order valence-electron chi connectivity index (χ4n) is 2.63. The second kappa shape index (κ2) is 6.87. The number of nitrogens with zero attached hydrogens (tertiary/aromatic N) is 4. The van der Waals surface area contributed by atoms with Crippen molar-refractivity contribution in [1.82, 2.24) is 14.9 Å². The zero-order valence-electron chi connectivity index (χ0n) is 13.0. The molecule has 23 heavy (non-hydrogen) atoms. The van der Waals surface area contributed by atoms with Crippen molar-refractivity contribution >= 4 is 17.3 Å². The van der Waals surface area contributed by atoms with E-state index in [-0.39, 0.29) is 5.69 Å². The minimum absolute atomic E-state index is 0.201. The number of rotatable bonds is 4. The number of likely N-dealkylation sites (N-methyl/N-ethyl adjacent to an activating group) is 1. The molecule has 1 aliphatic heterocycles. The molecule has 0 spiro atoms. The van der Waals surface area contributed by atoms with Gasteiger partial charge in [0.25, 0.3) is 0 Å². The summed E-state index contributed by atoms with van der Waals surface area (Å²) < 4.78 is 27.4. The Hall–Kier alpha value is -2.28. The van der Waals surface area contributed by atoms with E-state index in [0.29, 0.717) is 5.82 Å². The van der Waals surface area contributed by atoms with E-state index in [9.17, 15) is 8.78 Å². The lowest BCUT2D eigenvalue weighted by Gasteiger charge is -2.34. The Bertz CT molecular complexity index is 651. The maximum absolute atomic E-state index is 13.7. The molecular formula is C16H19F2N5. The van der Waals surface area contributed by atoms with Crippen LogP contribution in [0.3, 0.4) is 0 Å². The van der Waals surface area contributed by atoms with Gasteiger partial charge in [0, 0.05) is 32.2 Å². The summed E-state index contributed by atoms with van der Waals surface area (Å²) in [5.41, 5.74) is -0.201. The molecule has 1 aromatic heterocycles. The summed E-state index contributed by atoms with van der Waals surface area (Å²) in [6.45, 7) is 6.88. The van der Waals surface area contributed by atoms with Gasteiger partial charge in [-0.1, -0.05) is 13.0 Å². The van der Waals surface area contributed by atoms with Crippen molar-refractivity contribution in [2.45, 2.75) is 6.92 Å². The highest BCUT2D eigenvalue weighted by molar-refractivity contribution is 5.60. The molecule has 2 aromatic rings. The first kappa shape index (κ1) is 15.6. The number of anilines is 3. The molecule has 1 saturated heterocycles. The van der Waals surface area contributed by atoms with Crippen LogP contribution in [0.15, 0.2) is 30.6 Å². The van der Waals surface area contributed by atoms with Crippen LogP contribution in [-0.2, 0) is 0 Å². The Morgan fingerprint density at radius 1 is 1.09 bits per heavy atom. The first-order valence-corrected chi connectivity index (χ1v) is 7.67. The number of para-hydroxylation sites is 1. The number of halogens is 2. The van der Waals surface area contributed by atoms with Crippen LogP contribution in [0.5, 0.6) is 0 Å². The topological polar surface area (TPSA) is 44.3 Å². The Balaban J connectivity index is 1.75. The summed E-state index contributed by atoms with van der Waals surface area (Å²) in [4.78, 5) is 12.8. The van der Waals surface area contributed by atoms with Gasteiger partial charge in [0.2, 0.25) is 0 Å². The van der Waals surface area contributed by atoms with E-state index in [1.54, 1.807) is 6.07 Å². The maximum Gasteiger partial charge on any atom is 0.149 e. The average molecular weight is 319 g/mol. The zero-order chi connectivity index (χ0) is 16.2. The van der Waals surface area contributed by atoms with Crippen molar-refractivity contribution in [2.75, 3.05) is 42.9 Å². The summed E-state index contributed by atoms with van der Waals surface area (Å²) in [5.74, 6) is -0.171. The lowest BCUT2D eigenvalue weighted by Crippen LogP contribution is -2.46. The molecule has 0 amide bonds. The summed E-state index contributed by atoms with van der Waals surface area (Å²) in [6, 6.07) is 5.46. The largest absolute Gasteiger partial charge is 0.354 e. The minimum atomic E-state index is -0.651. The van der Waals surface area contributed by atoms with Gasteiger partial charge in [0.1, 0.15) is 35.3 Å². The van der Waals surface area contributed by atoms with Gasteiger partial charge < -0.3 is 15.1 Å². The molecule has 1 aromatic carbocycles. The highest BCUT2D eigenvalue weighted by Gasteiger charge is 2.17. The van der Waals surface area contributed by atoms with Crippen LogP contribution in [0.1, 0.15) is 6.92 Å². The molecule has 1 aliphatic rings. The lowest BCUT2D eigenvalue weighted by atomic mass is 10.3. The molecule has 7 heteroatoms. The molecular weight excluding hydrogens is 300 g/mol. The molecule has 0 bridgehead atoms. The summed E-state index contributed by atoms with van der Waals surface area (Å²) in [6.07, 6.45) is 1.41. The fourth-order valence-corrected chi connectivity index (χ4v) is 2.63. The summed E-state index contributed by atoms with van der Waals surface area (Å²) >= 11 is 0. The molecule has 0 unspecified atom stereocenters. The average Bonchev–Trinajstić information content (AvgIpc) is 2.59. The third-order valence-electron chi connectivity index (χ3n) is 4.01. The number of piperazine rings is 1. The first-order valence-electron chi connectivity index (χ1n) is 7.67. The number of benzene rings is 1. The van der Waals surface area contributed by atoms with E-state index in [1.807, 2.05) is 0 Å². The Morgan fingerprint density at radius 2 is 1.78 bits per heavy atom. The third-order valence-corrected chi connectivity index (χ3v) is 4.01. The summed E-state index contributed by atoms with van der Waals surface area (Å²) in [7, 11) is 0. The molecule has 1 N–H and O–H groups in total. The van der Waals surface area contributed by atoms with E-state index < -0.39 is 11.6 Å². The van der Waals surface area contributed by atoms with E-state index >= 15 is 0 Å². The minimum Gasteiger partial charge on any atom is -0.354 e. The molecule has 5 nitrogen and oxygen atoms in total. The summed E-state index contributed by atoms with van der Waals surface area (Å²) in [5, 5.41) is 2.70. The number of aromatic nitrogens is 2. The predicted octanol–water partition coefficient (Wildman–Crippen LogP) is 2.64. The normalized spacial score (nSPS) is 15.7. The van der Waals surface area contributed by atoms with Gasteiger partial charge in [0.05, 0.1) is 0 Å².